The van der Waals surface area contributed by atoms with Crippen molar-refractivity contribution in [2.75, 3.05) is 19.8 Å². The van der Waals surface area contributed by atoms with Crippen LogP contribution in [0.2, 0.25) is 0 Å². The van der Waals surface area contributed by atoms with Crippen LogP contribution in [-0.2, 0) is 23.8 Å². The van der Waals surface area contributed by atoms with Crippen molar-refractivity contribution < 1.29 is 23.8 Å². The number of esters is 1. The zero-order valence-electron chi connectivity index (χ0n) is 8.81. The Morgan fingerprint density at radius 3 is 2.67 bits per heavy atom. The molecular formula is C10H16O5. The standard InChI is InChI=1S/C10H16O5/c1-2-13-9(12)10-14-6-8(7-15-10)4-3-5-11/h5,8,10H,2-4,6-7H2,1H3. The molecule has 0 aromatic rings. The van der Waals surface area contributed by atoms with Gasteiger partial charge in [-0.1, -0.05) is 0 Å². The summed E-state index contributed by atoms with van der Waals surface area (Å²) >= 11 is 0. The number of hydrogen-bond donors (Lipinski definition) is 0. The zero-order valence-corrected chi connectivity index (χ0v) is 8.81. The summed E-state index contributed by atoms with van der Waals surface area (Å²) in [5.74, 6) is -0.285. The first-order chi connectivity index (χ1) is 7.27. The Morgan fingerprint density at radius 2 is 2.13 bits per heavy atom. The second-order valence-corrected chi connectivity index (χ2v) is 3.36. The fraction of sp³-hybridized carbons (Fsp3) is 0.800. The summed E-state index contributed by atoms with van der Waals surface area (Å²) in [6, 6.07) is 0. The lowest BCUT2D eigenvalue weighted by molar-refractivity contribution is -0.221. The topological polar surface area (TPSA) is 61.8 Å². The van der Waals surface area contributed by atoms with Crippen molar-refractivity contribution >= 4 is 12.3 Å². The van der Waals surface area contributed by atoms with Crippen molar-refractivity contribution in [1.82, 2.24) is 0 Å². The Morgan fingerprint density at radius 1 is 1.47 bits per heavy atom. The first-order valence-electron chi connectivity index (χ1n) is 5.11. The third-order valence-corrected chi connectivity index (χ3v) is 2.14. The van der Waals surface area contributed by atoms with Crippen molar-refractivity contribution in [3.05, 3.63) is 0 Å². The molecule has 0 aromatic heterocycles. The molecule has 1 aliphatic heterocycles. The van der Waals surface area contributed by atoms with E-state index < -0.39 is 12.3 Å². The molecule has 0 atom stereocenters. The molecule has 1 aliphatic rings. The molecule has 1 fully saturated rings. The lowest BCUT2D eigenvalue weighted by Gasteiger charge is -2.27. The van der Waals surface area contributed by atoms with Gasteiger partial charge < -0.3 is 19.0 Å². The van der Waals surface area contributed by atoms with E-state index in [-0.39, 0.29) is 5.92 Å². The molecule has 5 nitrogen and oxygen atoms in total. The van der Waals surface area contributed by atoms with Crippen LogP contribution in [0.1, 0.15) is 19.8 Å². The Bertz CT molecular complexity index is 208. The summed E-state index contributed by atoms with van der Waals surface area (Å²) in [5.41, 5.74) is 0. The van der Waals surface area contributed by atoms with Crippen LogP contribution < -0.4 is 0 Å². The lowest BCUT2D eigenvalue weighted by atomic mass is 10.1. The molecule has 0 unspecified atom stereocenters. The highest BCUT2D eigenvalue weighted by molar-refractivity contribution is 5.73. The molecule has 1 rings (SSSR count). The second-order valence-electron chi connectivity index (χ2n) is 3.36. The predicted molar refractivity (Wildman–Crippen MR) is 51.1 cm³/mol. The highest BCUT2D eigenvalue weighted by Gasteiger charge is 2.28. The molecule has 0 aliphatic carbocycles. The van der Waals surface area contributed by atoms with Gasteiger partial charge in [0.05, 0.1) is 19.8 Å². The second kappa shape index (κ2) is 6.53. The molecule has 0 aromatic carbocycles. The van der Waals surface area contributed by atoms with Crippen LogP contribution >= 0.6 is 0 Å². The van der Waals surface area contributed by atoms with Gasteiger partial charge in [0.2, 0.25) is 0 Å². The minimum Gasteiger partial charge on any atom is -0.462 e. The van der Waals surface area contributed by atoms with Gasteiger partial charge in [-0.25, -0.2) is 4.79 Å². The van der Waals surface area contributed by atoms with Gasteiger partial charge in [-0.15, -0.1) is 0 Å². The first-order valence-corrected chi connectivity index (χ1v) is 5.11. The number of ether oxygens (including phenoxy) is 3. The van der Waals surface area contributed by atoms with Gasteiger partial charge in [0.1, 0.15) is 6.29 Å². The van der Waals surface area contributed by atoms with Crippen LogP contribution in [0.15, 0.2) is 0 Å². The van der Waals surface area contributed by atoms with E-state index in [1.54, 1.807) is 6.92 Å². The molecule has 86 valence electrons. The van der Waals surface area contributed by atoms with Gasteiger partial charge in [-0.3, -0.25) is 0 Å². The maximum atomic E-state index is 11.2. The van der Waals surface area contributed by atoms with Crippen molar-refractivity contribution in [1.29, 1.82) is 0 Å². The SMILES string of the molecule is CCOC(=O)C1OCC(CCC=O)CO1. The van der Waals surface area contributed by atoms with E-state index in [1.807, 2.05) is 0 Å². The van der Waals surface area contributed by atoms with Crippen LogP contribution in [0.4, 0.5) is 0 Å². The minimum absolute atomic E-state index is 0.195. The average Bonchev–Trinajstić information content (AvgIpc) is 2.27. The van der Waals surface area contributed by atoms with Gasteiger partial charge in [0, 0.05) is 12.3 Å². The highest BCUT2D eigenvalue weighted by atomic mass is 16.7. The summed E-state index contributed by atoms with van der Waals surface area (Å²) in [6.45, 7) is 2.93. The predicted octanol–water partition coefficient (Wildman–Crippen LogP) is 0.518. The molecule has 1 saturated heterocycles. The molecule has 0 saturated carbocycles. The highest BCUT2D eigenvalue weighted by Crippen LogP contribution is 2.16. The molecule has 15 heavy (non-hydrogen) atoms. The number of carbonyl (C=O) groups excluding carboxylic acids is 2. The zero-order chi connectivity index (χ0) is 11.1. The van der Waals surface area contributed by atoms with E-state index in [1.165, 1.54) is 0 Å². The van der Waals surface area contributed by atoms with E-state index in [9.17, 15) is 9.59 Å². The molecule has 0 spiro atoms. The Kier molecular flexibility index (Phi) is 5.28. The lowest BCUT2D eigenvalue weighted by Crippen LogP contribution is -2.38. The first kappa shape index (κ1) is 12.1. The maximum Gasteiger partial charge on any atom is 0.363 e. The molecule has 0 amide bonds. The fourth-order valence-electron chi connectivity index (χ4n) is 1.36. The quantitative estimate of drug-likeness (QED) is 0.495. The van der Waals surface area contributed by atoms with Crippen LogP contribution in [0, 0.1) is 5.92 Å². The van der Waals surface area contributed by atoms with Gasteiger partial charge in [0.25, 0.3) is 6.29 Å². The van der Waals surface area contributed by atoms with Crippen molar-refractivity contribution in [2.24, 2.45) is 5.92 Å². The summed E-state index contributed by atoms with van der Waals surface area (Å²) in [6.07, 6.45) is 1.22. The van der Waals surface area contributed by atoms with Gasteiger partial charge >= 0.3 is 5.97 Å². The van der Waals surface area contributed by atoms with Crippen molar-refractivity contribution in [3.8, 4) is 0 Å². The van der Waals surface area contributed by atoms with Crippen LogP contribution in [0.5, 0.6) is 0 Å². The summed E-state index contributed by atoms with van der Waals surface area (Å²) in [5, 5.41) is 0. The average molecular weight is 216 g/mol. The third-order valence-electron chi connectivity index (χ3n) is 2.14. The van der Waals surface area contributed by atoms with Crippen LogP contribution in [-0.4, -0.2) is 38.4 Å². The molecule has 5 heteroatoms. The van der Waals surface area contributed by atoms with E-state index in [4.69, 9.17) is 14.2 Å². The minimum atomic E-state index is -0.891. The number of hydrogen-bond acceptors (Lipinski definition) is 5. The van der Waals surface area contributed by atoms with Crippen LogP contribution in [0.25, 0.3) is 0 Å². The van der Waals surface area contributed by atoms with E-state index in [2.05, 4.69) is 0 Å². The number of carbonyl (C=O) groups is 2. The summed E-state index contributed by atoms with van der Waals surface area (Å²) in [4.78, 5) is 21.3. The molecule has 0 bridgehead atoms. The van der Waals surface area contributed by atoms with E-state index in [0.29, 0.717) is 26.2 Å². The number of aldehydes is 1. The Labute approximate surface area is 88.7 Å². The van der Waals surface area contributed by atoms with E-state index in [0.717, 1.165) is 12.7 Å². The molecule has 0 radical (unpaired) electrons. The molecular weight excluding hydrogens is 200 g/mol. The van der Waals surface area contributed by atoms with Gasteiger partial charge in [-0.05, 0) is 13.3 Å². The maximum absolute atomic E-state index is 11.2. The third kappa shape index (κ3) is 3.97. The van der Waals surface area contributed by atoms with E-state index >= 15 is 0 Å². The Balaban J connectivity index is 2.23. The molecule has 0 N–H and O–H groups in total. The summed E-state index contributed by atoms with van der Waals surface area (Å²) in [7, 11) is 0. The summed E-state index contributed by atoms with van der Waals surface area (Å²) < 4.78 is 15.1. The van der Waals surface area contributed by atoms with Gasteiger partial charge in [0.15, 0.2) is 0 Å². The van der Waals surface area contributed by atoms with Crippen molar-refractivity contribution in [2.45, 2.75) is 26.1 Å². The number of rotatable bonds is 5. The normalized spacial score (nSPS) is 25.9. The molecule has 1 heterocycles. The monoisotopic (exact) mass is 216 g/mol. The van der Waals surface area contributed by atoms with Crippen LogP contribution in [0.3, 0.4) is 0 Å². The van der Waals surface area contributed by atoms with Gasteiger partial charge in [-0.2, -0.15) is 0 Å². The largest absolute Gasteiger partial charge is 0.462 e. The fourth-order valence-corrected chi connectivity index (χ4v) is 1.36. The Hall–Kier alpha value is -0.940. The smallest absolute Gasteiger partial charge is 0.363 e. The van der Waals surface area contributed by atoms with Crippen molar-refractivity contribution in [3.63, 3.8) is 0 Å².